The normalized spacial score (nSPS) is 15.9. The summed E-state index contributed by atoms with van der Waals surface area (Å²) in [7, 11) is 3.70. The van der Waals surface area contributed by atoms with Gasteiger partial charge in [-0.1, -0.05) is 47.3 Å². The molecule has 0 aliphatic heterocycles. The lowest BCUT2D eigenvalue weighted by Gasteiger charge is -2.24. The molecule has 0 bridgehead atoms. The highest BCUT2D eigenvalue weighted by Gasteiger charge is 2.16. The number of nitrogens with one attached hydrogen (secondary N) is 2. The Morgan fingerprint density at radius 1 is 1.25 bits per heavy atom. The lowest BCUT2D eigenvalue weighted by atomic mass is 9.95. The lowest BCUT2D eigenvalue weighted by molar-refractivity contribution is -0.120. The molecule has 1 fully saturated rings. The fraction of sp³-hybridized carbons (Fsp3) is 0.556. The molecule has 0 atom stereocenters. The molecule has 6 heteroatoms. The molecule has 132 valence electrons. The number of guanidine groups is 1. The van der Waals surface area contributed by atoms with Crippen molar-refractivity contribution in [2.24, 2.45) is 4.99 Å². The van der Waals surface area contributed by atoms with Crippen LogP contribution in [0.2, 0.25) is 0 Å². The fourth-order valence-electron chi connectivity index (χ4n) is 3.01. The first-order chi connectivity index (χ1) is 11.6. The van der Waals surface area contributed by atoms with Crippen molar-refractivity contribution in [3.8, 4) is 0 Å². The number of hydrogen-bond acceptors (Lipinski definition) is 2. The molecule has 1 saturated carbocycles. The van der Waals surface area contributed by atoms with Crippen LogP contribution < -0.4 is 10.6 Å². The van der Waals surface area contributed by atoms with Crippen molar-refractivity contribution >= 4 is 27.8 Å². The van der Waals surface area contributed by atoms with Gasteiger partial charge < -0.3 is 15.5 Å². The summed E-state index contributed by atoms with van der Waals surface area (Å²) in [5.41, 5.74) is 1.19. The van der Waals surface area contributed by atoms with E-state index in [0.717, 1.165) is 29.8 Å². The largest absolute Gasteiger partial charge is 0.352 e. The van der Waals surface area contributed by atoms with Crippen LogP contribution in [0.3, 0.4) is 0 Å². The van der Waals surface area contributed by atoms with Crippen LogP contribution in [0.4, 0.5) is 0 Å². The molecule has 0 aromatic heterocycles. The van der Waals surface area contributed by atoms with E-state index in [1.54, 1.807) is 7.05 Å². The van der Waals surface area contributed by atoms with Crippen molar-refractivity contribution in [1.29, 1.82) is 0 Å². The van der Waals surface area contributed by atoms with Gasteiger partial charge in [0.2, 0.25) is 5.91 Å². The van der Waals surface area contributed by atoms with Gasteiger partial charge >= 0.3 is 0 Å². The van der Waals surface area contributed by atoms with E-state index in [9.17, 15) is 4.79 Å². The number of carbonyl (C=O) groups is 1. The first kappa shape index (κ1) is 18.8. The van der Waals surface area contributed by atoms with Gasteiger partial charge in [-0.25, -0.2) is 0 Å². The number of amides is 1. The second kappa shape index (κ2) is 9.67. The number of nitrogens with zero attached hydrogens (tertiary/aromatic N) is 2. The molecule has 24 heavy (non-hydrogen) atoms. The van der Waals surface area contributed by atoms with E-state index < -0.39 is 0 Å². The number of aliphatic imine (C=N–C) groups is 1. The Kier molecular flexibility index (Phi) is 7.56. The monoisotopic (exact) mass is 394 g/mol. The highest BCUT2D eigenvalue weighted by molar-refractivity contribution is 9.10. The van der Waals surface area contributed by atoms with E-state index in [1.807, 2.05) is 24.1 Å². The Morgan fingerprint density at radius 3 is 2.54 bits per heavy atom. The quantitative estimate of drug-likeness (QED) is 0.596. The van der Waals surface area contributed by atoms with Crippen LogP contribution in [-0.2, 0) is 11.3 Å². The van der Waals surface area contributed by atoms with E-state index >= 15 is 0 Å². The van der Waals surface area contributed by atoms with E-state index in [0.29, 0.717) is 6.04 Å². The standard InChI is InChI=1S/C18H27BrN4O/c1-20-18(23(2)13-14-8-10-15(19)11-9-14)21-12-17(24)22-16-6-4-3-5-7-16/h8-11,16H,3-7,12-13H2,1-2H3,(H,20,21)(H,22,24). The van der Waals surface area contributed by atoms with Gasteiger partial charge in [0.1, 0.15) is 0 Å². The van der Waals surface area contributed by atoms with Crippen LogP contribution in [0.1, 0.15) is 37.7 Å². The molecule has 1 amide bonds. The smallest absolute Gasteiger partial charge is 0.239 e. The van der Waals surface area contributed by atoms with Gasteiger partial charge in [-0.2, -0.15) is 0 Å². The summed E-state index contributed by atoms with van der Waals surface area (Å²) in [5.74, 6) is 0.761. The zero-order valence-corrected chi connectivity index (χ0v) is 16.1. The first-order valence-electron chi connectivity index (χ1n) is 8.54. The minimum atomic E-state index is 0.0418. The van der Waals surface area contributed by atoms with Gasteiger partial charge in [0.05, 0.1) is 6.54 Å². The predicted molar refractivity (Wildman–Crippen MR) is 102 cm³/mol. The second-order valence-electron chi connectivity index (χ2n) is 6.29. The summed E-state index contributed by atoms with van der Waals surface area (Å²) >= 11 is 3.44. The van der Waals surface area contributed by atoms with E-state index in [1.165, 1.54) is 24.8 Å². The minimum Gasteiger partial charge on any atom is -0.352 e. The van der Waals surface area contributed by atoms with Gasteiger partial charge in [0.25, 0.3) is 0 Å². The molecule has 1 aromatic carbocycles. The third kappa shape index (κ3) is 6.15. The van der Waals surface area contributed by atoms with Crippen LogP contribution in [0.15, 0.2) is 33.7 Å². The number of rotatable bonds is 5. The lowest BCUT2D eigenvalue weighted by Crippen LogP contribution is -2.46. The molecular weight excluding hydrogens is 368 g/mol. The second-order valence-corrected chi connectivity index (χ2v) is 7.20. The average molecular weight is 395 g/mol. The van der Waals surface area contributed by atoms with Crippen molar-refractivity contribution < 1.29 is 4.79 Å². The zero-order chi connectivity index (χ0) is 17.4. The highest BCUT2D eigenvalue weighted by Crippen LogP contribution is 2.17. The van der Waals surface area contributed by atoms with E-state index in [4.69, 9.17) is 0 Å². The molecule has 1 aliphatic carbocycles. The molecular formula is C18H27BrN4O. The van der Waals surface area contributed by atoms with Gasteiger partial charge in [-0.15, -0.1) is 0 Å². The van der Waals surface area contributed by atoms with Crippen molar-refractivity contribution in [2.75, 3.05) is 20.6 Å². The molecule has 2 rings (SSSR count). The fourth-order valence-corrected chi connectivity index (χ4v) is 3.27. The summed E-state index contributed by atoms with van der Waals surface area (Å²) in [6, 6.07) is 8.54. The highest BCUT2D eigenvalue weighted by atomic mass is 79.9. The molecule has 0 spiro atoms. The maximum Gasteiger partial charge on any atom is 0.239 e. The third-order valence-electron chi connectivity index (χ3n) is 4.28. The Bertz CT molecular complexity index is 553. The molecule has 0 unspecified atom stereocenters. The van der Waals surface area contributed by atoms with Crippen LogP contribution in [0.25, 0.3) is 0 Å². The molecule has 1 aliphatic rings. The van der Waals surface area contributed by atoms with E-state index in [2.05, 4.69) is 43.7 Å². The van der Waals surface area contributed by atoms with Gasteiger partial charge in [0, 0.05) is 31.2 Å². The topological polar surface area (TPSA) is 56.7 Å². The van der Waals surface area contributed by atoms with E-state index in [-0.39, 0.29) is 12.5 Å². The SMILES string of the molecule is CN=C(NCC(=O)NC1CCCCC1)N(C)Cc1ccc(Br)cc1. The molecule has 2 N–H and O–H groups in total. The van der Waals surface area contributed by atoms with Gasteiger partial charge in [-0.3, -0.25) is 9.79 Å². The maximum absolute atomic E-state index is 12.1. The Morgan fingerprint density at radius 2 is 1.92 bits per heavy atom. The first-order valence-corrected chi connectivity index (χ1v) is 9.33. The summed E-state index contributed by atoms with van der Waals surface area (Å²) in [6.07, 6.45) is 5.93. The van der Waals surface area contributed by atoms with Crippen LogP contribution >= 0.6 is 15.9 Å². The molecule has 1 aromatic rings. The Labute approximate surface area is 153 Å². The average Bonchev–Trinajstić information content (AvgIpc) is 2.58. The number of carbonyl (C=O) groups excluding carboxylic acids is 1. The maximum atomic E-state index is 12.1. The molecule has 0 radical (unpaired) electrons. The van der Waals surface area contributed by atoms with Crippen LogP contribution in [-0.4, -0.2) is 43.4 Å². The number of hydrogen-bond donors (Lipinski definition) is 2. The summed E-state index contributed by atoms with van der Waals surface area (Å²) in [4.78, 5) is 18.4. The van der Waals surface area contributed by atoms with Crippen molar-refractivity contribution in [1.82, 2.24) is 15.5 Å². The van der Waals surface area contributed by atoms with Gasteiger partial charge in [0.15, 0.2) is 5.96 Å². The summed E-state index contributed by atoms with van der Waals surface area (Å²) in [6.45, 7) is 0.991. The summed E-state index contributed by atoms with van der Waals surface area (Å²) < 4.78 is 1.07. The van der Waals surface area contributed by atoms with Gasteiger partial charge in [-0.05, 0) is 30.5 Å². The molecule has 0 saturated heterocycles. The van der Waals surface area contributed by atoms with Crippen molar-refractivity contribution in [3.63, 3.8) is 0 Å². The number of benzene rings is 1. The Balaban J connectivity index is 1.78. The molecule has 0 heterocycles. The van der Waals surface area contributed by atoms with Crippen molar-refractivity contribution in [3.05, 3.63) is 34.3 Å². The number of halogens is 1. The Hall–Kier alpha value is -1.56. The molecule has 5 nitrogen and oxygen atoms in total. The minimum absolute atomic E-state index is 0.0418. The van der Waals surface area contributed by atoms with Crippen LogP contribution in [0.5, 0.6) is 0 Å². The van der Waals surface area contributed by atoms with Crippen molar-refractivity contribution in [2.45, 2.75) is 44.7 Å². The summed E-state index contributed by atoms with van der Waals surface area (Å²) in [5, 5.41) is 6.26. The predicted octanol–water partition coefficient (Wildman–Crippen LogP) is 2.91. The zero-order valence-electron chi connectivity index (χ0n) is 14.5. The third-order valence-corrected chi connectivity index (χ3v) is 4.81. The van der Waals surface area contributed by atoms with Crippen LogP contribution in [0, 0.1) is 0 Å².